The molecule has 0 aliphatic heterocycles. The fourth-order valence-electron chi connectivity index (χ4n) is 2.37. The van der Waals surface area contributed by atoms with E-state index in [0.29, 0.717) is 16.6 Å². The molecule has 1 heterocycles. The number of nitrogens with two attached hydrogens (primary N) is 1. The molecule has 0 unspecified atom stereocenters. The van der Waals surface area contributed by atoms with Crippen LogP contribution in [0.4, 0.5) is 15.9 Å². The zero-order chi connectivity index (χ0) is 19.2. The number of guanidine groups is 1. The highest BCUT2D eigenvalue weighted by Gasteiger charge is 2.11. The molecule has 0 aliphatic rings. The van der Waals surface area contributed by atoms with Crippen molar-refractivity contribution in [1.29, 1.82) is 0 Å². The molecular formula is C20H18ClFN4O. The second kappa shape index (κ2) is 8.51. The van der Waals surface area contributed by atoms with Crippen molar-refractivity contribution in [3.63, 3.8) is 0 Å². The number of ether oxygens (including phenoxy) is 1. The summed E-state index contributed by atoms with van der Waals surface area (Å²) >= 11 is 6.04. The molecule has 7 heteroatoms. The van der Waals surface area contributed by atoms with Gasteiger partial charge in [-0.25, -0.2) is 9.37 Å². The summed E-state index contributed by atoms with van der Waals surface area (Å²) in [7, 11) is 1.80. The third-order valence-corrected chi connectivity index (χ3v) is 4.25. The summed E-state index contributed by atoms with van der Waals surface area (Å²) in [5, 5.41) is 0.298. The van der Waals surface area contributed by atoms with Crippen LogP contribution >= 0.6 is 11.6 Å². The van der Waals surface area contributed by atoms with Gasteiger partial charge in [0, 0.05) is 24.5 Å². The van der Waals surface area contributed by atoms with E-state index in [0.717, 1.165) is 5.69 Å². The Labute approximate surface area is 161 Å². The minimum atomic E-state index is -0.431. The van der Waals surface area contributed by atoms with Crippen LogP contribution in [0.15, 0.2) is 71.9 Å². The first-order valence-corrected chi connectivity index (χ1v) is 8.57. The second-order valence-electron chi connectivity index (χ2n) is 5.68. The second-order valence-corrected chi connectivity index (χ2v) is 6.09. The first-order valence-electron chi connectivity index (χ1n) is 8.20. The highest BCUT2D eigenvalue weighted by molar-refractivity contribution is 6.31. The average Bonchev–Trinajstić information content (AvgIpc) is 2.69. The Morgan fingerprint density at radius 2 is 1.93 bits per heavy atom. The Kier molecular flexibility index (Phi) is 5.88. The van der Waals surface area contributed by atoms with E-state index in [-0.39, 0.29) is 18.1 Å². The van der Waals surface area contributed by atoms with Crippen LogP contribution in [0.1, 0.15) is 5.56 Å². The molecule has 0 amide bonds. The lowest BCUT2D eigenvalue weighted by Gasteiger charge is -2.18. The summed E-state index contributed by atoms with van der Waals surface area (Å²) in [5.41, 5.74) is 7.26. The Hall–Kier alpha value is -3.12. The number of halogens is 2. The highest BCUT2D eigenvalue weighted by Crippen LogP contribution is 2.27. The largest absolute Gasteiger partial charge is 0.485 e. The predicted octanol–water partition coefficient (Wildman–Crippen LogP) is 4.54. The topological polar surface area (TPSA) is 63.7 Å². The maximum absolute atomic E-state index is 13.9. The van der Waals surface area contributed by atoms with Crippen molar-refractivity contribution >= 4 is 29.1 Å². The van der Waals surface area contributed by atoms with E-state index in [4.69, 9.17) is 22.1 Å². The Balaban J connectivity index is 1.81. The first kappa shape index (κ1) is 18.7. The number of para-hydroxylation sites is 1. The first-order chi connectivity index (χ1) is 13.1. The molecule has 0 radical (unpaired) electrons. The number of aromatic nitrogens is 1. The molecule has 0 bridgehead atoms. The van der Waals surface area contributed by atoms with Gasteiger partial charge in [0.2, 0.25) is 5.96 Å². The lowest BCUT2D eigenvalue weighted by Crippen LogP contribution is -2.33. The third-order valence-electron chi connectivity index (χ3n) is 3.89. The number of hydrogen-bond donors (Lipinski definition) is 1. The van der Waals surface area contributed by atoms with Crippen LogP contribution in [0, 0.1) is 5.82 Å². The molecule has 2 N–H and O–H groups in total. The summed E-state index contributed by atoms with van der Waals surface area (Å²) in [4.78, 5) is 10.3. The maximum Gasteiger partial charge on any atom is 0.202 e. The Bertz CT molecular complexity index is 929. The van der Waals surface area contributed by atoms with Crippen molar-refractivity contribution in [2.24, 2.45) is 10.7 Å². The number of benzene rings is 2. The van der Waals surface area contributed by atoms with Crippen LogP contribution in [0.5, 0.6) is 5.75 Å². The minimum absolute atomic E-state index is 0.0475. The molecule has 1 aromatic heterocycles. The van der Waals surface area contributed by atoms with Crippen LogP contribution in [0.25, 0.3) is 0 Å². The standard InChI is InChI=1S/C20H18ClFN4O/c1-26(14-7-3-2-4-8-14)20(23)25-19-18(11-6-12-24-19)27-13-15-16(21)9-5-10-17(15)22/h2-12H,13H2,1H3,(H2,23,24,25). The van der Waals surface area contributed by atoms with Gasteiger partial charge < -0.3 is 15.4 Å². The molecule has 5 nitrogen and oxygen atoms in total. The van der Waals surface area contributed by atoms with Crippen molar-refractivity contribution in [3.05, 3.63) is 83.3 Å². The number of hydrogen-bond acceptors (Lipinski definition) is 3. The Morgan fingerprint density at radius 1 is 1.15 bits per heavy atom. The maximum atomic E-state index is 13.9. The van der Waals surface area contributed by atoms with Crippen molar-refractivity contribution in [2.75, 3.05) is 11.9 Å². The fourth-order valence-corrected chi connectivity index (χ4v) is 2.58. The molecule has 27 heavy (non-hydrogen) atoms. The van der Waals surface area contributed by atoms with E-state index in [1.807, 2.05) is 30.3 Å². The molecule has 0 fully saturated rings. The van der Waals surface area contributed by atoms with Gasteiger partial charge in [0.15, 0.2) is 11.6 Å². The van der Waals surface area contributed by atoms with Crippen molar-refractivity contribution < 1.29 is 9.13 Å². The summed E-state index contributed by atoms with van der Waals surface area (Å²) in [5.74, 6) is 0.486. The predicted molar refractivity (Wildman–Crippen MR) is 106 cm³/mol. The number of nitrogens with zero attached hydrogens (tertiary/aromatic N) is 3. The van der Waals surface area contributed by atoms with Crippen LogP contribution in [-0.2, 0) is 6.61 Å². The minimum Gasteiger partial charge on any atom is -0.485 e. The van der Waals surface area contributed by atoms with Crippen LogP contribution in [0.2, 0.25) is 5.02 Å². The van der Waals surface area contributed by atoms with Crippen molar-refractivity contribution in [1.82, 2.24) is 4.98 Å². The van der Waals surface area contributed by atoms with E-state index < -0.39 is 5.82 Å². The average molecular weight is 385 g/mol. The molecule has 3 aromatic rings. The molecule has 0 saturated carbocycles. The molecule has 0 saturated heterocycles. The quantitative estimate of drug-likeness (QED) is 0.518. The van der Waals surface area contributed by atoms with Gasteiger partial charge in [0.25, 0.3) is 0 Å². The van der Waals surface area contributed by atoms with E-state index in [1.165, 1.54) is 6.07 Å². The van der Waals surface area contributed by atoms with Crippen LogP contribution in [0.3, 0.4) is 0 Å². The number of pyridine rings is 1. The summed E-state index contributed by atoms with van der Waals surface area (Å²) in [6.45, 7) is -0.0475. The van der Waals surface area contributed by atoms with E-state index in [2.05, 4.69) is 9.98 Å². The van der Waals surface area contributed by atoms with E-state index in [1.54, 1.807) is 42.4 Å². The third kappa shape index (κ3) is 4.54. The van der Waals surface area contributed by atoms with E-state index >= 15 is 0 Å². The van der Waals surface area contributed by atoms with E-state index in [9.17, 15) is 4.39 Å². The number of anilines is 1. The van der Waals surface area contributed by atoms with Crippen molar-refractivity contribution in [3.8, 4) is 5.75 Å². The Morgan fingerprint density at radius 3 is 2.67 bits per heavy atom. The number of aliphatic imine (C=N–C) groups is 1. The lowest BCUT2D eigenvalue weighted by molar-refractivity contribution is 0.300. The van der Waals surface area contributed by atoms with Gasteiger partial charge in [-0.15, -0.1) is 0 Å². The van der Waals surface area contributed by atoms with Gasteiger partial charge in [-0.05, 0) is 36.4 Å². The van der Waals surface area contributed by atoms with Crippen molar-refractivity contribution in [2.45, 2.75) is 6.61 Å². The van der Waals surface area contributed by atoms with Gasteiger partial charge in [0.05, 0.1) is 5.02 Å². The molecule has 0 spiro atoms. The molecule has 2 aromatic carbocycles. The molecular weight excluding hydrogens is 367 g/mol. The summed E-state index contributed by atoms with van der Waals surface area (Å²) in [6, 6.07) is 17.4. The van der Waals surface area contributed by atoms with Gasteiger partial charge in [0.1, 0.15) is 12.4 Å². The molecule has 0 atom stereocenters. The van der Waals surface area contributed by atoms with Gasteiger partial charge in [-0.3, -0.25) is 0 Å². The smallest absolute Gasteiger partial charge is 0.202 e. The monoisotopic (exact) mass is 384 g/mol. The molecule has 3 rings (SSSR count). The SMILES string of the molecule is CN(/C(N)=N\c1ncccc1OCc1c(F)cccc1Cl)c1ccccc1. The summed E-state index contributed by atoms with van der Waals surface area (Å²) in [6.07, 6.45) is 1.58. The zero-order valence-corrected chi connectivity index (χ0v) is 15.4. The van der Waals surface area contributed by atoms with Crippen LogP contribution in [-0.4, -0.2) is 18.0 Å². The molecule has 0 aliphatic carbocycles. The van der Waals surface area contributed by atoms with Crippen LogP contribution < -0.4 is 15.4 Å². The van der Waals surface area contributed by atoms with Gasteiger partial charge in [-0.1, -0.05) is 35.9 Å². The normalized spacial score (nSPS) is 11.3. The summed E-state index contributed by atoms with van der Waals surface area (Å²) < 4.78 is 19.6. The number of rotatable bonds is 5. The zero-order valence-electron chi connectivity index (χ0n) is 14.6. The fraction of sp³-hybridized carbons (Fsp3) is 0.100. The van der Waals surface area contributed by atoms with Gasteiger partial charge >= 0.3 is 0 Å². The highest BCUT2D eigenvalue weighted by atomic mass is 35.5. The van der Waals surface area contributed by atoms with Gasteiger partial charge in [-0.2, -0.15) is 4.99 Å². The lowest BCUT2D eigenvalue weighted by atomic mass is 10.2. The molecule has 138 valence electrons.